The van der Waals surface area contributed by atoms with Gasteiger partial charge in [-0.2, -0.15) is 11.8 Å². The molecule has 90 valence electrons. The summed E-state index contributed by atoms with van der Waals surface area (Å²) in [7, 11) is 0. The molecular weight excluding hydrogens is 220 g/mol. The van der Waals surface area contributed by atoms with E-state index in [-0.39, 0.29) is 12.2 Å². The van der Waals surface area contributed by atoms with Crippen LogP contribution in [0.3, 0.4) is 0 Å². The van der Waals surface area contributed by atoms with Crippen LogP contribution in [0.4, 0.5) is 0 Å². The molecule has 0 aliphatic carbocycles. The minimum absolute atomic E-state index is 0.189. The number of hydrogen-bond acceptors (Lipinski definition) is 3. The third kappa shape index (κ3) is 6.16. The summed E-state index contributed by atoms with van der Waals surface area (Å²) in [6.45, 7) is 4.38. The SMILES string of the molecule is CC(C)OC[C@H](O)CSCc1ccccc1. The van der Waals surface area contributed by atoms with Crippen molar-refractivity contribution in [2.24, 2.45) is 0 Å². The van der Waals surface area contributed by atoms with Crippen molar-refractivity contribution in [3.8, 4) is 0 Å². The lowest BCUT2D eigenvalue weighted by atomic mass is 10.2. The molecule has 0 fully saturated rings. The minimum Gasteiger partial charge on any atom is -0.390 e. The summed E-state index contributed by atoms with van der Waals surface area (Å²) in [4.78, 5) is 0. The Morgan fingerprint density at radius 3 is 2.56 bits per heavy atom. The highest BCUT2D eigenvalue weighted by Crippen LogP contribution is 2.12. The third-order valence-corrected chi connectivity index (χ3v) is 3.20. The molecule has 1 aromatic rings. The largest absolute Gasteiger partial charge is 0.390 e. The van der Waals surface area contributed by atoms with Gasteiger partial charge in [0.1, 0.15) is 0 Å². The summed E-state index contributed by atoms with van der Waals surface area (Å²) in [5.74, 6) is 1.67. The molecule has 3 heteroatoms. The quantitative estimate of drug-likeness (QED) is 0.794. The van der Waals surface area contributed by atoms with Crippen LogP contribution in [0.5, 0.6) is 0 Å². The first-order valence-corrected chi connectivity index (χ1v) is 6.75. The van der Waals surface area contributed by atoms with Gasteiger partial charge in [0.25, 0.3) is 0 Å². The first-order valence-electron chi connectivity index (χ1n) is 5.60. The van der Waals surface area contributed by atoms with Crippen molar-refractivity contribution in [2.75, 3.05) is 12.4 Å². The molecule has 16 heavy (non-hydrogen) atoms. The number of thioether (sulfide) groups is 1. The Hall–Kier alpha value is -0.510. The van der Waals surface area contributed by atoms with Gasteiger partial charge in [-0.05, 0) is 19.4 Å². The average Bonchev–Trinajstić information content (AvgIpc) is 2.28. The normalized spacial score (nSPS) is 13.0. The number of aliphatic hydroxyl groups is 1. The van der Waals surface area contributed by atoms with E-state index >= 15 is 0 Å². The molecule has 0 unspecified atom stereocenters. The number of aliphatic hydroxyl groups excluding tert-OH is 1. The lowest BCUT2D eigenvalue weighted by Gasteiger charge is -2.13. The maximum Gasteiger partial charge on any atom is 0.0864 e. The summed E-state index contributed by atoms with van der Waals surface area (Å²) in [5, 5.41) is 9.63. The molecule has 1 aromatic carbocycles. The van der Waals surface area contributed by atoms with Gasteiger partial charge in [0.05, 0.1) is 18.8 Å². The Bertz CT molecular complexity index is 275. The van der Waals surface area contributed by atoms with Crippen LogP contribution in [0.25, 0.3) is 0 Å². The van der Waals surface area contributed by atoms with Crippen LogP contribution in [0, 0.1) is 0 Å². The maximum atomic E-state index is 9.63. The molecule has 0 aromatic heterocycles. The minimum atomic E-state index is -0.365. The lowest BCUT2D eigenvalue weighted by Crippen LogP contribution is -2.20. The molecule has 0 aliphatic rings. The Morgan fingerprint density at radius 2 is 1.94 bits per heavy atom. The van der Waals surface area contributed by atoms with Crippen LogP contribution in [0.2, 0.25) is 0 Å². The topological polar surface area (TPSA) is 29.5 Å². The Balaban J connectivity index is 2.11. The van der Waals surface area contributed by atoms with Crippen molar-refractivity contribution in [1.29, 1.82) is 0 Å². The van der Waals surface area contributed by atoms with E-state index in [0.29, 0.717) is 6.61 Å². The zero-order valence-corrected chi connectivity index (χ0v) is 10.7. The van der Waals surface area contributed by atoms with Gasteiger partial charge in [-0.1, -0.05) is 30.3 Å². The lowest BCUT2D eigenvalue weighted by molar-refractivity contribution is 0.0152. The molecule has 0 heterocycles. The highest BCUT2D eigenvalue weighted by Gasteiger charge is 2.05. The van der Waals surface area contributed by atoms with Crippen molar-refractivity contribution in [3.05, 3.63) is 35.9 Å². The second-order valence-corrected chi connectivity index (χ2v) is 5.07. The highest BCUT2D eigenvalue weighted by atomic mass is 32.2. The van der Waals surface area contributed by atoms with Gasteiger partial charge in [0.2, 0.25) is 0 Å². The number of ether oxygens (including phenoxy) is 1. The van der Waals surface area contributed by atoms with E-state index in [1.165, 1.54) is 5.56 Å². The second kappa shape index (κ2) is 7.71. The van der Waals surface area contributed by atoms with Crippen LogP contribution in [0.1, 0.15) is 19.4 Å². The van der Waals surface area contributed by atoms with E-state index in [9.17, 15) is 5.11 Å². The fourth-order valence-corrected chi connectivity index (χ4v) is 2.15. The molecule has 0 spiro atoms. The Labute approximate surface area is 102 Å². The zero-order chi connectivity index (χ0) is 11.8. The van der Waals surface area contributed by atoms with Crippen LogP contribution < -0.4 is 0 Å². The number of benzene rings is 1. The van der Waals surface area contributed by atoms with Crippen molar-refractivity contribution < 1.29 is 9.84 Å². The molecule has 2 nitrogen and oxygen atoms in total. The molecule has 0 amide bonds. The van der Waals surface area contributed by atoms with Gasteiger partial charge < -0.3 is 9.84 Å². The Kier molecular flexibility index (Phi) is 6.53. The van der Waals surface area contributed by atoms with E-state index in [4.69, 9.17) is 4.74 Å². The summed E-state index contributed by atoms with van der Waals surface area (Å²) in [6, 6.07) is 10.3. The fraction of sp³-hybridized carbons (Fsp3) is 0.538. The first-order chi connectivity index (χ1) is 7.68. The van der Waals surface area contributed by atoms with Crippen LogP contribution in [-0.4, -0.2) is 29.7 Å². The standard InChI is InChI=1S/C13H20O2S/c1-11(2)15-8-13(14)10-16-9-12-6-4-3-5-7-12/h3-7,11,13-14H,8-10H2,1-2H3/t13-/m0/s1. The molecule has 1 rings (SSSR count). The predicted octanol–water partition coefficient (Wildman–Crippen LogP) is 2.71. The fourth-order valence-electron chi connectivity index (χ4n) is 1.24. The molecule has 0 saturated carbocycles. The number of hydrogen-bond donors (Lipinski definition) is 1. The van der Waals surface area contributed by atoms with Crippen molar-refractivity contribution in [2.45, 2.75) is 31.8 Å². The molecular formula is C13H20O2S. The van der Waals surface area contributed by atoms with Crippen LogP contribution in [0.15, 0.2) is 30.3 Å². The van der Waals surface area contributed by atoms with Gasteiger partial charge in [0, 0.05) is 11.5 Å². The van der Waals surface area contributed by atoms with Crippen molar-refractivity contribution in [3.63, 3.8) is 0 Å². The van der Waals surface area contributed by atoms with Crippen LogP contribution in [-0.2, 0) is 10.5 Å². The summed E-state index contributed by atoms with van der Waals surface area (Å²) < 4.78 is 5.34. The zero-order valence-electron chi connectivity index (χ0n) is 9.93. The van der Waals surface area contributed by atoms with Crippen molar-refractivity contribution >= 4 is 11.8 Å². The smallest absolute Gasteiger partial charge is 0.0864 e. The molecule has 1 N–H and O–H groups in total. The van der Waals surface area contributed by atoms with E-state index in [0.717, 1.165) is 11.5 Å². The summed E-state index contributed by atoms with van der Waals surface area (Å²) in [6.07, 6.45) is -0.176. The molecule has 0 bridgehead atoms. The highest BCUT2D eigenvalue weighted by molar-refractivity contribution is 7.98. The second-order valence-electron chi connectivity index (χ2n) is 4.04. The van der Waals surface area contributed by atoms with Gasteiger partial charge in [-0.25, -0.2) is 0 Å². The van der Waals surface area contributed by atoms with Gasteiger partial charge in [-0.15, -0.1) is 0 Å². The average molecular weight is 240 g/mol. The van der Waals surface area contributed by atoms with Gasteiger partial charge >= 0.3 is 0 Å². The van der Waals surface area contributed by atoms with Gasteiger partial charge in [0.15, 0.2) is 0 Å². The number of rotatable bonds is 7. The third-order valence-electron chi connectivity index (χ3n) is 2.04. The molecule has 0 saturated heterocycles. The van der Waals surface area contributed by atoms with Gasteiger partial charge in [-0.3, -0.25) is 0 Å². The Morgan fingerprint density at radius 1 is 1.25 bits per heavy atom. The van der Waals surface area contributed by atoms with E-state index in [2.05, 4.69) is 12.1 Å². The monoisotopic (exact) mass is 240 g/mol. The molecule has 0 radical (unpaired) electrons. The van der Waals surface area contributed by atoms with Crippen molar-refractivity contribution in [1.82, 2.24) is 0 Å². The van der Waals surface area contributed by atoms with E-state index in [1.54, 1.807) is 11.8 Å². The summed E-state index contributed by atoms with van der Waals surface area (Å²) >= 11 is 1.74. The molecule has 0 aliphatic heterocycles. The maximum absolute atomic E-state index is 9.63. The van der Waals surface area contributed by atoms with Crippen LogP contribution >= 0.6 is 11.8 Å². The predicted molar refractivity (Wildman–Crippen MR) is 69.7 cm³/mol. The molecule has 1 atom stereocenters. The van der Waals surface area contributed by atoms with E-state index < -0.39 is 0 Å². The van der Waals surface area contributed by atoms with E-state index in [1.807, 2.05) is 32.0 Å². The summed E-state index contributed by atoms with van der Waals surface area (Å²) in [5.41, 5.74) is 1.30. The first kappa shape index (κ1) is 13.6.